The number of hydrogen-bond acceptors (Lipinski definition) is 2. The molecule has 1 heterocycles. The summed E-state index contributed by atoms with van der Waals surface area (Å²) in [7, 11) is 0. The van der Waals surface area contributed by atoms with E-state index in [-0.39, 0.29) is 0 Å². The van der Waals surface area contributed by atoms with Gasteiger partial charge in [0, 0.05) is 11.1 Å². The molecule has 2 heteroatoms. The molecule has 0 radical (unpaired) electrons. The number of rotatable bonds is 3. The van der Waals surface area contributed by atoms with Crippen LogP contribution in [0.2, 0.25) is 0 Å². The number of nitrogens with one attached hydrogen (secondary N) is 1. The summed E-state index contributed by atoms with van der Waals surface area (Å²) in [5.74, 6) is 0. The van der Waals surface area contributed by atoms with Gasteiger partial charge in [-0.2, -0.15) is 0 Å². The van der Waals surface area contributed by atoms with Crippen LogP contribution in [0.4, 0.5) is 5.69 Å². The fourth-order valence-electron chi connectivity index (χ4n) is 2.15. The first-order valence-electron chi connectivity index (χ1n) is 6.46. The number of benzene rings is 2. The first-order valence-corrected chi connectivity index (χ1v) is 6.46. The molecule has 0 saturated heterocycles. The van der Waals surface area contributed by atoms with Gasteiger partial charge < -0.3 is 5.32 Å². The van der Waals surface area contributed by atoms with Gasteiger partial charge in [-0.1, -0.05) is 36.4 Å². The topological polar surface area (TPSA) is 24.9 Å². The van der Waals surface area contributed by atoms with Crippen molar-refractivity contribution in [2.24, 2.45) is 0 Å². The van der Waals surface area contributed by atoms with Crippen LogP contribution in [0, 0.1) is 6.92 Å². The molecule has 19 heavy (non-hydrogen) atoms. The van der Waals surface area contributed by atoms with Gasteiger partial charge in [0.25, 0.3) is 0 Å². The normalized spacial score (nSPS) is 10.6. The van der Waals surface area contributed by atoms with E-state index < -0.39 is 0 Å². The van der Waals surface area contributed by atoms with Crippen LogP contribution in [0.15, 0.2) is 60.7 Å². The summed E-state index contributed by atoms with van der Waals surface area (Å²) in [6.45, 7) is 2.84. The molecular formula is C17H16N2. The molecule has 2 nitrogen and oxygen atoms in total. The average Bonchev–Trinajstić information content (AvgIpc) is 2.45. The van der Waals surface area contributed by atoms with Gasteiger partial charge >= 0.3 is 0 Å². The van der Waals surface area contributed by atoms with Gasteiger partial charge in [-0.3, -0.25) is 4.98 Å². The Morgan fingerprint density at radius 1 is 0.947 bits per heavy atom. The molecular weight excluding hydrogens is 232 g/mol. The van der Waals surface area contributed by atoms with Crippen LogP contribution in [-0.2, 0) is 6.54 Å². The quantitative estimate of drug-likeness (QED) is 0.753. The van der Waals surface area contributed by atoms with Crippen molar-refractivity contribution in [3.05, 3.63) is 71.9 Å². The summed E-state index contributed by atoms with van der Waals surface area (Å²) in [5, 5.41) is 4.59. The maximum atomic E-state index is 4.65. The molecule has 0 aliphatic carbocycles. The molecule has 94 valence electrons. The Bertz CT molecular complexity index is 704. The summed E-state index contributed by atoms with van der Waals surface area (Å²) < 4.78 is 0. The van der Waals surface area contributed by atoms with E-state index >= 15 is 0 Å². The van der Waals surface area contributed by atoms with Gasteiger partial charge in [0.2, 0.25) is 0 Å². The number of aromatic nitrogens is 1. The lowest BCUT2D eigenvalue weighted by Gasteiger charge is -2.07. The zero-order chi connectivity index (χ0) is 13.1. The maximum Gasteiger partial charge on any atom is 0.0706 e. The Kier molecular flexibility index (Phi) is 3.15. The minimum atomic E-state index is 0.744. The fraction of sp³-hybridized carbons (Fsp3) is 0.118. The summed E-state index contributed by atoms with van der Waals surface area (Å²) in [6, 6.07) is 20.8. The molecule has 1 aromatic heterocycles. The lowest BCUT2D eigenvalue weighted by Crippen LogP contribution is -2.01. The van der Waals surface area contributed by atoms with Crippen LogP contribution < -0.4 is 5.32 Å². The first kappa shape index (κ1) is 11.7. The Balaban J connectivity index is 1.78. The number of para-hydroxylation sites is 1. The second kappa shape index (κ2) is 5.11. The standard InChI is InChI=1S/C17H16N2/c1-13-5-4-7-15(11-13)18-12-16-10-9-14-6-2-3-8-17(14)19-16/h2-11,18H,12H2,1H3. The number of hydrogen-bond donors (Lipinski definition) is 1. The first-order chi connectivity index (χ1) is 9.31. The Hall–Kier alpha value is -2.35. The number of nitrogens with zero attached hydrogens (tertiary/aromatic N) is 1. The molecule has 0 aliphatic heterocycles. The molecule has 0 fully saturated rings. The van der Waals surface area contributed by atoms with Crippen LogP contribution >= 0.6 is 0 Å². The maximum absolute atomic E-state index is 4.65. The lowest BCUT2D eigenvalue weighted by atomic mass is 10.2. The van der Waals surface area contributed by atoms with E-state index in [2.05, 4.69) is 59.7 Å². The molecule has 0 saturated carbocycles. The lowest BCUT2D eigenvalue weighted by molar-refractivity contribution is 1.07. The second-order valence-electron chi connectivity index (χ2n) is 4.72. The molecule has 1 N–H and O–H groups in total. The molecule has 0 unspecified atom stereocenters. The minimum Gasteiger partial charge on any atom is -0.379 e. The molecule has 0 spiro atoms. The van der Waals surface area contributed by atoms with Gasteiger partial charge in [-0.25, -0.2) is 0 Å². The highest BCUT2D eigenvalue weighted by molar-refractivity contribution is 5.78. The molecule has 3 aromatic rings. The number of pyridine rings is 1. The predicted molar refractivity (Wildman–Crippen MR) is 80.2 cm³/mol. The zero-order valence-electron chi connectivity index (χ0n) is 10.9. The van der Waals surface area contributed by atoms with Crippen molar-refractivity contribution in [1.82, 2.24) is 4.98 Å². The average molecular weight is 248 g/mol. The number of aryl methyl sites for hydroxylation is 1. The molecule has 0 amide bonds. The molecule has 0 aliphatic rings. The third-order valence-corrected chi connectivity index (χ3v) is 3.15. The zero-order valence-corrected chi connectivity index (χ0v) is 10.9. The molecule has 2 aromatic carbocycles. The number of fused-ring (bicyclic) bond motifs is 1. The second-order valence-corrected chi connectivity index (χ2v) is 4.72. The van der Waals surface area contributed by atoms with Gasteiger partial charge in [0.05, 0.1) is 17.8 Å². The van der Waals surface area contributed by atoms with Crippen molar-refractivity contribution in [2.45, 2.75) is 13.5 Å². The highest BCUT2D eigenvalue weighted by atomic mass is 14.9. The van der Waals surface area contributed by atoms with E-state index in [1.807, 2.05) is 18.2 Å². The Morgan fingerprint density at radius 3 is 2.74 bits per heavy atom. The minimum absolute atomic E-state index is 0.744. The van der Waals surface area contributed by atoms with E-state index in [0.717, 1.165) is 23.4 Å². The van der Waals surface area contributed by atoms with Crippen LogP contribution in [-0.4, -0.2) is 4.98 Å². The molecule has 0 atom stereocenters. The van der Waals surface area contributed by atoms with Crippen LogP contribution in [0.1, 0.15) is 11.3 Å². The number of anilines is 1. The summed E-state index contributed by atoms with van der Waals surface area (Å²) in [4.78, 5) is 4.65. The summed E-state index contributed by atoms with van der Waals surface area (Å²) >= 11 is 0. The highest BCUT2D eigenvalue weighted by Gasteiger charge is 1.98. The summed E-state index contributed by atoms with van der Waals surface area (Å²) in [5.41, 5.74) is 4.50. The van der Waals surface area contributed by atoms with Crippen LogP contribution in [0.5, 0.6) is 0 Å². The van der Waals surface area contributed by atoms with E-state index in [0.29, 0.717) is 0 Å². The molecule has 0 bridgehead atoms. The van der Waals surface area contributed by atoms with Crippen molar-refractivity contribution < 1.29 is 0 Å². The third kappa shape index (κ3) is 2.74. The smallest absolute Gasteiger partial charge is 0.0706 e. The monoisotopic (exact) mass is 248 g/mol. The van der Waals surface area contributed by atoms with Crippen LogP contribution in [0.3, 0.4) is 0 Å². The van der Waals surface area contributed by atoms with Crippen molar-refractivity contribution >= 4 is 16.6 Å². The van der Waals surface area contributed by atoms with Crippen molar-refractivity contribution in [3.63, 3.8) is 0 Å². The van der Waals surface area contributed by atoms with Crippen molar-refractivity contribution in [2.75, 3.05) is 5.32 Å². The van der Waals surface area contributed by atoms with Gasteiger partial charge in [-0.15, -0.1) is 0 Å². The third-order valence-electron chi connectivity index (χ3n) is 3.15. The van der Waals surface area contributed by atoms with E-state index in [4.69, 9.17) is 0 Å². The van der Waals surface area contributed by atoms with Crippen molar-refractivity contribution in [1.29, 1.82) is 0 Å². The van der Waals surface area contributed by atoms with Crippen molar-refractivity contribution in [3.8, 4) is 0 Å². The van der Waals surface area contributed by atoms with Crippen LogP contribution in [0.25, 0.3) is 10.9 Å². The van der Waals surface area contributed by atoms with E-state index in [1.165, 1.54) is 10.9 Å². The van der Waals surface area contributed by atoms with Gasteiger partial charge in [0.1, 0.15) is 0 Å². The van der Waals surface area contributed by atoms with E-state index in [1.54, 1.807) is 0 Å². The summed E-state index contributed by atoms with van der Waals surface area (Å²) in [6.07, 6.45) is 0. The predicted octanol–water partition coefficient (Wildman–Crippen LogP) is 4.16. The van der Waals surface area contributed by atoms with Gasteiger partial charge in [-0.05, 0) is 36.8 Å². The largest absolute Gasteiger partial charge is 0.379 e. The Labute approximate surface area is 113 Å². The fourth-order valence-corrected chi connectivity index (χ4v) is 2.15. The van der Waals surface area contributed by atoms with Gasteiger partial charge in [0.15, 0.2) is 0 Å². The Morgan fingerprint density at radius 2 is 1.84 bits per heavy atom. The highest BCUT2D eigenvalue weighted by Crippen LogP contribution is 2.14. The SMILES string of the molecule is Cc1cccc(NCc2ccc3ccccc3n2)c1. The van der Waals surface area contributed by atoms with E-state index in [9.17, 15) is 0 Å². The molecule has 3 rings (SSSR count).